The lowest BCUT2D eigenvalue weighted by Gasteiger charge is -2.32. The number of hydrogen-bond acceptors (Lipinski definition) is 23. The predicted octanol–water partition coefficient (Wildman–Crippen LogP) is 18.4. The quantitative estimate of drug-likeness (QED) is 0.0156. The minimum Gasteiger partial charge on any atom is -0.484 e. The number of carboxylic acids is 1. The Bertz CT molecular complexity index is 5600. The van der Waals surface area contributed by atoms with E-state index in [4.69, 9.17) is 112 Å². The molecular weight excluding hydrogens is 1910 g/mol. The van der Waals surface area contributed by atoms with E-state index in [1.807, 2.05) is 33.8 Å². The van der Waals surface area contributed by atoms with Gasteiger partial charge in [0.1, 0.15) is 91.1 Å². The van der Waals surface area contributed by atoms with Gasteiger partial charge in [0.2, 0.25) is 5.91 Å². The standard InChI is InChI=1S/C21H21Cl2FN4O2.C21H20Cl2FN3O3.C19H16Cl2FN3O3.C13H21BN2O4.C7H9BrN2O2.C4H7BrO2.H2/c1-12-18(30-13(2)20-16(22)5-6-17(24)21(20)23)7-14(8-25-12)15-9-26-28(10-15)11-19(29)27(3)4;1-4-29-19(28)11-27-10-15(9-26-27)14-7-18(12(2)25-8-14)30-13(3)20-16(22)5-6-17(24)21(20)23;1-10-16(28-11(2)18-14(20)3-4-15(22)19(18)21)5-12(6-23-10)13-7-24-25(8-13)9-17(26)27;1-6-18-11(17)9-16-8-10(7-15-16)14-19-12(2,3)13(4,5)20-14;1-2-12-7(11)5-10-4-6(8)3-9-10;1-2-7-4(6)3-5;/h5-10,13H,11H2,1-4H3;5-10,13H,4,11H2,1-3H3;3-8,11H,9H2,1-2H3,(H,26,27);7-8H,6,9H2,1-5H3;3-4H,2,5H2,1H3;2-3H2,1H3;1H/i;;;;;;1+1. The molecule has 1 aliphatic rings. The first kappa shape index (κ1) is 104. The van der Waals surface area contributed by atoms with Crippen LogP contribution in [0.15, 0.2) is 140 Å². The van der Waals surface area contributed by atoms with E-state index >= 15 is 0 Å². The number of carbonyl (C=O) groups is 6. The third-order valence-electron chi connectivity index (χ3n) is 18.5. The average Bonchev–Trinajstić information content (AvgIpc) is 1.62. The molecule has 0 bridgehead atoms. The molecule has 42 heteroatoms. The third-order valence-corrected chi connectivity index (χ3v) is 21.5. The fourth-order valence-corrected chi connectivity index (χ4v) is 13.8. The number of benzene rings is 3. The molecule has 3 unspecified atom stereocenters. The summed E-state index contributed by atoms with van der Waals surface area (Å²) in [6.07, 6.45) is 19.8. The van der Waals surface area contributed by atoms with Crippen LogP contribution in [0.1, 0.15) is 130 Å². The summed E-state index contributed by atoms with van der Waals surface area (Å²) >= 11 is 43.0. The Morgan fingerprint density at radius 2 is 0.772 bits per heavy atom. The number of pyridine rings is 3. The molecule has 1 fully saturated rings. The molecule has 1 amide bonds. The van der Waals surface area contributed by atoms with E-state index in [2.05, 4.69) is 77.0 Å². The molecule has 1 N–H and O–H groups in total. The summed E-state index contributed by atoms with van der Waals surface area (Å²) in [5, 5.41) is 30.3. The van der Waals surface area contributed by atoms with Crippen LogP contribution < -0.4 is 19.7 Å². The number of ether oxygens (including phenoxy) is 7. The molecule has 127 heavy (non-hydrogen) atoms. The summed E-state index contributed by atoms with van der Waals surface area (Å²) in [4.78, 5) is 81.4. The van der Waals surface area contributed by atoms with Crippen molar-refractivity contribution < 1.29 is 90.9 Å². The van der Waals surface area contributed by atoms with Crippen LogP contribution in [-0.4, -0.2) is 174 Å². The molecule has 3 aromatic carbocycles. The predicted molar refractivity (Wildman–Crippen MR) is 484 cm³/mol. The SMILES string of the molecule is CCOC(=O)CBr.CCOC(=O)Cn1cc(-c2cnc(C)c(OC(C)c3c(Cl)ccc(F)c3Cl)c2)cn1.CCOC(=O)Cn1cc(B2OC(C)(C)C(C)(C)O2)cn1.CCOC(=O)Cn1cc(Br)cn1.Cc1ncc(-c2cnn(CC(=O)N(C)C)c2)cc1OC(C)c1c(Cl)ccc(F)c1Cl.Cc1ncc(-c2cnn(CC(=O)O)c2)cc1OC(C)c1c(Cl)ccc(F)c1Cl.[2HH]. The molecule has 9 heterocycles. The molecule has 1 saturated heterocycles. The first-order chi connectivity index (χ1) is 60.0. The first-order valence-corrected chi connectivity index (χ1v) is 43.2. The number of likely N-dealkylation sites (N-methyl/N-ethyl adjacent to an activating group) is 1. The Labute approximate surface area is 780 Å². The molecule has 12 rings (SSSR count). The second-order valence-electron chi connectivity index (χ2n) is 28.7. The Hall–Kier alpha value is -10.1. The molecule has 11 aromatic rings. The number of aromatic nitrogens is 13. The summed E-state index contributed by atoms with van der Waals surface area (Å²) < 4.78 is 98.7. The maximum atomic E-state index is 13.9. The van der Waals surface area contributed by atoms with E-state index < -0.39 is 48.9 Å². The van der Waals surface area contributed by atoms with Gasteiger partial charge in [-0.3, -0.25) is 67.1 Å². The van der Waals surface area contributed by atoms with Crippen LogP contribution in [-0.2, 0) is 89.7 Å². The number of halogens is 11. The number of esters is 4. The van der Waals surface area contributed by atoms with Crippen molar-refractivity contribution in [2.24, 2.45) is 0 Å². The van der Waals surface area contributed by atoms with Crippen LogP contribution in [0.4, 0.5) is 13.2 Å². The molecule has 682 valence electrons. The first-order valence-electron chi connectivity index (χ1n) is 39.1. The van der Waals surface area contributed by atoms with Gasteiger partial charge in [-0.05, 0) is 167 Å². The Balaban J connectivity index is 0.000000247. The van der Waals surface area contributed by atoms with Gasteiger partial charge in [-0.2, -0.15) is 25.5 Å². The van der Waals surface area contributed by atoms with E-state index in [0.717, 1.165) is 32.2 Å². The normalized spacial score (nSPS) is 12.9. The van der Waals surface area contributed by atoms with E-state index in [-0.39, 0.29) is 90.2 Å². The molecule has 0 spiro atoms. The van der Waals surface area contributed by atoms with Gasteiger partial charge >= 0.3 is 37.0 Å². The number of aryl methyl sites for hydroxylation is 3. The van der Waals surface area contributed by atoms with Gasteiger partial charge < -0.3 is 52.5 Å². The topological polar surface area (TPSA) is 337 Å². The summed E-state index contributed by atoms with van der Waals surface area (Å²) in [7, 11) is 2.92. The van der Waals surface area contributed by atoms with Crippen LogP contribution in [0.25, 0.3) is 33.4 Å². The van der Waals surface area contributed by atoms with E-state index in [1.54, 1.807) is 181 Å². The van der Waals surface area contributed by atoms with Gasteiger partial charge in [-0.25, -0.2) is 13.2 Å². The molecule has 0 saturated carbocycles. The van der Waals surface area contributed by atoms with Gasteiger partial charge in [-0.1, -0.05) is 85.5 Å². The van der Waals surface area contributed by atoms with Crippen molar-refractivity contribution in [1.82, 2.24) is 68.8 Å². The molecule has 3 atom stereocenters. The van der Waals surface area contributed by atoms with Crippen LogP contribution in [0.5, 0.6) is 17.2 Å². The molecule has 8 aromatic heterocycles. The van der Waals surface area contributed by atoms with Gasteiger partial charge in [-0.15, -0.1) is 0 Å². The smallest absolute Gasteiger partial charge is 0.484 e. The lowest BCUT2D eigenvalue weighted by Crippen LogP contribution is -2.41. The fraction of sp³-hybridized carbons (Fsp3) is 0.365. The van der Waals surface area contributed by atoms with Crippen LogP contribution >= 0.6 is 101 Å². The van der Waals surface area contributed by atoms with Crippen LogP contribution in [0.2, 0.25) is 30.1 Å². The van der Waals surface area contributed by atoms with Crippen molar-refractivity contribution >= 4 is 150 Å². The number of carboxylic acid groups (broad SMARTS) is 1. The summed E-state index contributed by atoms with van der Waals surface area (Å²) in [6, 6.07) is 13.3. The number of amides is 1. The minimum absolute atomic E-state index is 0. The summed E-state index contributed by atoms with van der Waals surface area (Å²) in [5.74, 6) is -2.44. The summed E-state index contributed by atoms with van der Waals surface area (Å²) in [6.45, 7) is 27.3. The number of rotatable bonds is 28. The molecule has 30 nitrogen and oxygen atoms in total. The Kier molecular flexibility index (Phi) is 40.0. The third kappa shape index (κ3) is 30.5. The average molecular weight is 2010 g/mol. The largest absolute Gasteiger partial charge is 0.498 e. The monoisotopic (exact) mass is 2010 g/mol. The number of hydrogen-bond donors (Lipinski definition) is 1. The number of alkyl halides is 1. The van der Waals surface area contributed by atoms with Crippen molar-refractivity contribution in [1.29, 1.82) is 0 Å². The number of nitrogens with zero attached hydrogens (tertiary/aromatic N) is 14. The van der Waals surface area contributed by atoms with Crippen molar-refractivity contribution in [2.45, 2.75) is 159 Å². The highest BCUT2D eigenvalue weighted by Crippen LogP contribution is 2.41. The highest BCUT2D eigenvalue weighted by Gasteiger charge is 2.52. The zero-order valence-corrected chi connectivity index (χ0v) is 79.8. The van der Waals surface area contributed by atoms with Crippen LogP contribution in [0.3, 0.4) is 0 Å². The second kappa shape index (κ2) is 48.9. The van der Waals surface area contributed by atoms with E-state index in [1.165, 1.54) is 60.0 Å². The number of aliphatic carboxylic acids is 1. The lowest BCUT2D eigenvalue weighted by molar-refractivity contribution is -0.145. The van der Waals surface area contributed by atoms with Crippen molar-refractivity contribution in [3.05, 3.63) is 221 Å². The van der Waals surface area contributed by atoms with Crippen LogP contribution in [0, 0.1) is 38.2 Å². The van der Waals surface area contributed by atoms with Crippen molar-refractivity contribution in [3.8, 4) is 50.6 Å². The molecular formula is C85H96BBr2Cl6F3N14O16. The maximum absolute atomic E-state index is 13.9. The minimum atomic E-state index is -0.988. The second-order valence-corrected chi connectivity index (χ2v) is 32.5. The number of carbonyl (C=O) groups excluding carboxylic acids is 5. The zero-order chi connectivity index (χ0) is 93.9. The lowest BCUT2D eigenvalue weighted by atomic mass is 9.82. The molecule has 0 aliphatic carbocycles. The summed E-state index contributed by atoms with van der Waals surface area (Å²) in [5.41, 5.74) is 7.47. The van der Waals surface area contributed by atoms with E-state index in [0.29, 0.717) is 109 Å². The van der Waals surface area contributed by atoms with Crippen molar-refractivity contribution in [2.75, 3.05) is 45.9 Å². The fourth-order valence-electron chi connectivity index (χ4n) is 11.3. The maximum Gasteiger partial charge on any atom is 0.498 e. The molecule has 1 aliphatic heterocycles. The Morgan fingerprint density at radius 3 is 1.08 bits per heavy atom. The zero-order valence-electron chi connectivity index (χ0n) is 72.1. The van der Waals surface area contributed by atoms with Crippen molar-refractivity contribution in [3.63, 3.8) is 0 Å². The highest BCUT2D eigenvalue weighted by atomic mass is 79.9. The van der Waals surface area contributed by atoms with Gasteiger partial charge in [0.25, 0.3) is 0 Å². The Morgan fingerprint density at radius 1 is 0.465 bits per heavy atom. The highest BCUT2D eigenvalue weighted by molar-refractivity contribution is 9.10. The van der Waals surface area contributed by atoms with E-state index in [9.17, 15) is 41.9 Å². The van der Waals surface area contributed by atoms with Gasteiger partial charge in [0.05, 0.1) is 99.0 Å². The van der Waals surface area contributed by atoms with Gasteiger partial charge in [0, 0.05) is 142 Å². The molecule has 0 radical (unpaired) electrons. The van der Waals surface area contributed by atoms with Gasteiger partial charge in [0.15, 0.2) is 0 Å².